The first-order valence-corrected chi connectivity index (χ1v) is 5.73. The van der Waals surface area contributed by atoms with Gasteiger partial charge in [-0.05, 0) is 38.3 Å². The van der Waals surface area contributed by atoms with Crippen LogP contribution in [-0.4, -0.2) is 16.1 Å². The Labute approximate surface area is 89.4 Å². The van der Waals surface area contributed by atoms with Gasteiger partial charge in [-0.25, -0.2) is 0 Å². The molecule has 0 radical (unpaired) electrons. The number of nitrogens with one attached hydrogen (secondary N) is 1. The van der Waals surface area contributed by atoms with Crippen LogP contribution in [0.5, 0.6) is 0 Å². The molecular formula is C10H17N3S. The molecule has 1 atom stereocenters. The van der Waals surface area contributed by atoms with Crippen molar-refractivity contribution in [2.75, 3.05) is 6.54 Å². The fourth-order valence-electron chi connectivity index (χ4n) is 1.19. The van der Waals surface area contributed by atoms with Gasteiger partial charge < -0.3 is 5.32 Å². The maximum Gasteiger partial charge on any atom is 0.0964 e. The average Bonchev–Trinajstić information content (AvgIpc) is 2.64. The summed E-state index contributed by atoms with van der Waals surface area (Å²) in [6.07, 6.45) is 3.32. The molecule has 1 heterocycles. The van der Waals surface area contributed by atoms with Gasteiger partial charge in [0.05, 0.1) is 11.7 Å². The molecule has 78 valence electrons. The second-order valence-corrected chi connectivity index (χ2v) is 4.12. The molecule has 4 heteroatoms. The maximum absolute atomic E-state index is 4.08. The first-order chi connectivity index (χ1) is 6.74. The van der Waals surface area contributed by atoms with Crippen molar-refractivity contribution < 1.29 is 0 Å². The lowest BCUT2D eigenvalue weighted by Gasteiger charge is -2.11. The van der Waals surface area contributed by atoms with Crippen molar-refractivity contribution in [1.29, 1.82) is 0 Å². The third-order valence-corrected chi connectivity index (χ3v) is 2.33. The topological polar surface area (TPSA) is 37.8 Å². The van der Waals surface area contributed by atoms with Gasteiger partial charge in [-0.3, -0.25) is 0 Å². The van der Waals surface area contributed by atoms with Gasteiger partial charge in [0.25, 0.3) is 0 Å². The van der Waals surface area contributed by atoms with Crippen LogP contribution < -0.4 is 5.32 Å². The maximum atomic E-state index is 4.08. The molecule has 0 aliphatic heterocycles. The second kappa shape index (κ2) is 5.88. The van der Waals surface area contributed by atoms with Crippen LogP contribution in [0.2, 0.25) is 0 Å². The highest BCUT2D eigenvalue weighted by Crippen LogP contribution is 2.14. The number of rotatable bonds is 5. The number of hydrogen-bond acceptors (Lipinski definition) is 4. The lowest BCUT2D eigenvalue weighted by Crippen LogP contribution is -2.21. The summed E-state index contributed by atoms with van der Waals surface area (Å²) in [6.45, 7) is 7.36. The van der Waals surface area contributed by atoms with E-state index in [1.807, 2.05) is 5.38 Å². The summed E-state index contributed by atoms with van der Waals surface area (Å²) in [4.78, 5) is 0. The molecule has 0 saturated carbocycles. The van der Waals surface area contributed by atoms with Gasteiger partial charge in [-0.1, -0.05) is 23.1 Å². The summed E-state index contributed by atoms with van der Waals surface area (Å²) < 4.78 is 3.88. The van der Waals surface area contributed by atoms with Gasteiger partial charge >= 0.3 is 0 Å². The quantitative estimate of drug-likeness (QED) is 0.761. The van der Waals surface area contributed by atoms with Gasteiger partial charge in [-0.15, -0.1) is 5.10 Å². The Morgan fingerprint density at radius 1 is 1.64 bits per heavy atom. The predicted molar refractivity (Wildman–Crippen MR) is 60.4 cm³/mol. The highest BCUT2D eigenvalue weighted by atomic mass is 32.1. The Morgan fingerprint density at radius 2 is 2.43 bits per heavy atom. The molecule has 1 aromatic rings. The lowest BCUT2D eigenvalue weighted by atomic mass is 10.1. The zero-order chi connectivity index (χ0) is 10.4. The van der Waals surface area contributed by atoms with E-state index in [-0.39, 0.29) is 6.04 Å². The smallest absolute Gasteiger partial charge is 0.0964 e. The molecular weight excluding hydrogens is 194 g/mol. The highest BCUT2D eigenvalue weighted by Gasteiger charge is 2.09. The summed E-state index contributed by atoms with van der Waals surface area (Å²) in [5.41, 5.74) is 2.32. The van der Waals surface area contributed by atoms with E-state index in [1.165, 1.54) is 17.1 Å². The number of allylic oxidation sites excluding steroid dienone is 1. The molecule has 0 amide bonds. The fourth-order valence-corrected chi connectivity index (χ4v) is 1.68. The third-order valence-electron chi connectivity index (χ3n) is 1.81. The molecule has 1 N–H and O–H groups in total. The molecule has 1 aromatic heterocycles. The molecule has 14 heavy (non-hydrogen) atoms. The summed E-state index contributed by atoms with van der Waals surface area (Å²) in [5, 5.41) is 9.51. The van der Waals surface area contributed by atoms with Gasteiger partial charge in [0.2, 0.25) is 0 Å². The largest absolute Gasteiger partial charge is 0.305 e. The van der Waals surface area contributed by atoms with Crippen LogP contribution in [0.4, 0.5) is 0 Å². The van der Waals surface area contributed by atoms with E-state index in [4.69, 9.17) is 0 Å². The first-order valence-electron chi connectivity index (χ1n) is 4.89. The van der Waals surface area contributed by atoms with Gasteiger partial charge in [-0.2, -0.15) is 0 Å². The Balaban J connectivity index is 2.67. The number of nitrogens with zero attached hydrogens (tertiary/aromatic N) is 2. The van der Waals surface area contributed by atoms with Crippen molar-refractivity contribution in [3.8, 4) is 0 Å². The fraction of sp³-hybridized carbons (Fsp3) is 0.600. The van der Waals surface area contributed by atoms with E-state index in [0.29, 0.717) is 0 Å². The van der Waals surface area contributed by atoms with E-state index in [0.717, 1.165) is 18.7 Å². The van der Waals surface area contributed by atoms with Crippen LogP contribution in [-0.2, 0) is 0 Å². The molecule has 0 aliphatic carbocycles. The summed E-state index contributed by atoms with van der Waals surface area (Å²) in [5.74, 6) is 0. The zero-order valence-corrected chi connectivity index (χ0v) is 9.77. The normalized spacial score (nSPS) is 12.5. The molecule has 0 aromatic carbocycles. The number of hydrogen-bond donors (Lipinski definition) is 1. The first kappa shape index (κ1) is 11.3. The Morgan fingerprint density at radius 3 is 2.93 bits per heavy atom. The second-order valence-electron chi connectivity index (χ2n) is 3.51. The molecule has 3 nitrogen and oxygen atoms in total. The van der Waals surface area contributed by atoms with Crippen molar-refractivity contribution in [3.05, 3.63) is 22.7 Å². The minimum absolute atomic E-state index is 0.221. The van der Waals surface area contributed by atoms with Crippen LogP contribution in [0.15, 0.2) is 17.0 Å². The molecule has 1 unspecified atom stereocenters. The summed E-state index contributed by atoms with van der Waals surface area (Å²) >= 11 is 1.40. The number of aromatic nitrogens is 2. The standard InChI is InChI=1S/C10H17N3S/c1-4-5-11-9(6-8(2)3)10-7-14-13-12-10/h6-7,9,11H,4-5H2,1-3H3. The van der Waals surface area contributed by atoms with E-state index in [9.17, 15) is 0 Å². The average molecular weight is 211 g/mol. The third kappa shape index (κ3) is 3.55. The summed E-state index contributed by atoms with van der Waals surface area (Å²) in [7, 11) is 0. The minimum atomic E-state index is 0.221. The van der Waals surface area contributed by atoms with Crippen molar-refractivity contribution in [2.24, 2.45) is 0 Å². The Bertz CT molecular complexity index is 276. The van der Waals surface area contributed by atoms with Crippen LogP contribution in [0.1, 0.15) is 38.9 Å². The van der Waals surface area contributed by atoms with Gasteiger partial charge in [0.1, 0.15) is 0 Å². The Hall–Kier alpha value is -0.740. The van der Waals surface area contributed by atoms with Crippen LogP contribution in [0.25, 0.3) is 0 Å². The lowest BCUT2D eigenvalue weighted by molar-refractivity contribution is 0.596. The van der Waals surface area contributed by atoms with Crippen LogP contribution >= 0.6 is 11.5 Å². The van der Waals surface area contributed by atoms with E-state index in [2.05, 4.69) is 41.8 Å². The van der Waals surface area contributed by atoms with Crippen LogP contribution in [0, 0.1) is 0 Å². The summed E-state index contributed by atoms with van der Waals surface area (Å²) in [6, 6.07) is 0.221. The van der Waals surface area contributed by atoms with Gasteiger partial charge in [0, 0.05) is 5.38 Å². The van der Waals surface area contributed by atoms with E-state index >= 15 is 0 Å². The monoisotopic (exact) mass is 211 g/mol. The minimum Gasteiger partial charge on any atom is -0.305 e. The molecule has 0 fully saturated rings. The molecule has 0 spiro atoms. The SMILES string of the molecule is CCCNC(C=C(C)C)c1csnn1. The predicted octanol–water partition coefficient (Wildman–Crippen LogP) is 2.55. The zero-order valence-electron chi connectivity index (χ0n) is 8.95. The van der Waals surface area contributed by atoms with Gasteiger partial charge in [0.15, 0.2) is 0 Å². The molecule has 1 rings (SSSR count). The van der Waals surface area contributed by atoms with Crippen molar-refractivity contribution in [3.63, 3.8) is 0 Å². The van der Waals surface area contributed by atoms with E-state index in [1.54, 1.807) is 0 Å². The highest BCUT2D eigenvalue weighted by molar-refractivity contribution is 7.03. The van der Waals surface area contributed by atoms with E-state index < -0.39 is 0 Å². The van der Waals surface area contributed by atoms with Crippen molar-refractivity contribution >= 4 is 11.5 Å². The van der Waals surface area contributed by atoms with Crippen LogP contribution in [0.3, 0.4) is 0 Å². The molecule has 0 saturated heterocycles. The van der Waals surface area contributed by atoms with Crippen molar-refractivity contribution in [1.82, 2.24) is 14.9 Å². The Kier molecular flexibility index (Phi) is 4.76. The molecule has 0 aliphatic rings. The van der Waals surface area contributed by atoms with Crippen molar-refractivity contribution in [2.45, 2.75) is 33.2 Å². The molecule has 0 bridgehead atoms.